The zero-order valence-electron chi connectivity index (χ0n) is 16.2. The minimum atomic E-state index is -0.352. The maximum atomic E-state index is 12.7. The minimum absolute atomic E-state index is 0.0958. The molecule has 4 rings (SSSR count). The first-order valence-electron chi connectivity index (χ1n) is 9.55. The van der Waals surface area contributed by atoms with Gasteiger partial charge in [-0.3, -0.25) is 9.59 Å². The third-order valence-corrected chi connectivity index (χ3v) is 6.47. The molecule has 1 unspecified atom stereocenters. The summed E-state index contributed by atoms with van der Waals surface area (Å²) in [5.41, 5.74) is 2.39. The van der Waals surface area contributed by atoms with Gasteiger partial charge in [0.15, 0.2) is 0 Å². The fourth-order valence-corrected chi connectivity index (χ4v) is 4.65. The number of amides is 2. The average Bonchev–Trinajstić information content (AvgIpc) is 3.17. The van der Waals surface area contributed by atoms with E-state index in [0.717, 1.165) is 22.5 Å². The van der Waals surface area contributed by atoms with Gasteiger partial charge >= 0.3 is 0 Å². The molecule has 2 N–H and O–H groups in total. The number of hydrogen-bond acceptors (Lipinski definition) is 4. The highest BCUT2D eigenvalue weighted by atomic mass is 35.5. The van der Waals surface area contributed by atoms with E-state index in [1.54, 1.807) is 29.2 Å². The SMILES string of the molecule is CC(NC(=O)c1ccc(C(=O)N2CCSCC2)c(Cl)c1)c1nc2cc(Cl)ccc2[nH]1. The summed E-state index contributed by atoms with van der Waals surface area (Å²) in [6, 6.07) is 9.82. The first-order chi connectivity index (χ1) is 14.4. The van der Waals surface area contributed by atoms with Crippen LogP contribution >= 0.6 is 35.0 Å². The van der Waals surface area contributed by atoms with Gasteiger partial charge in [0.2, 0.25) is 0 Å². The predicted octanol–water partition coefficient (Wildman–Crippen LogP) is 4.55. The number of hydrogen-bond donors (Lipinski definition) is 2. The molecule has 3 aromatic rings. The molecule has 1 fully saturated rings. The Labute approximate surface area is 188 Å². The Morgan fingerprint density at radius 2 is 1.93 bits per heavy atom. The van der Waals surface area contributed by atoms with Crippen LogP contribution in [0.4, 0.5) is 0 Å². The van der Waals surface area contributed by atoms with Gasteiger partial charge in [0.25, 0.3) is 11.8 Å². The van der Waals surface area contributed by atoms with Crippen LogP contribution in [0, 0.1) is 0 Å². The van der Waals surface area contributed by atoms with Crippen molar-refractivity contribution >= 4 is 57.8 Å². The molecular weight excluding hydrogens is 443 g/mol. The monoisotopic (exact) mass is 462 g/mol. The molecule has 9 heteroatoms. The number of halogens is 2. The number of thioether (sulfide) groups is 1. The van der Waals surface area contributed by atoms with Crippen LogP contribution in [0.25, 0.3) is 11.0 Å². The normalized spacial score (nSPS) is 15.2. The highest BCUT2D eigenvalue weighted by Gasteiger charge is 2.22. The molecule has 2 amide bonds. The van der Waals surface area contributed by atoms with Crippen LogP contribution in [0.15, 0.2) is 36.4 Å². The van der Waals surface area contributed by atoms with E-state index < -0.39 is 0 Å². The fraction of sp³-hybridized carbons (Fsp3) is 0.286. The molecule has 1 saturated heterocycles. The topological polar surface area (TPSA) is 78.1 Å². The quantitative estimate of drug-likeness (QED) is 0.595. The Morgan fingerprint density at radius 3 is 2.67 bits per heavy atom. The second kappa shape index (κ2) is 8.88. The van der Waals surface area contributed by atoms with Gasteiger partial charge in [-0.2, -0.15) is 11.8 Å². The Hall–Kier alpha value is -2.22. The van der Waals surface area contributed by atoms with E-state index in [0.29, 0.717) is 35.1 Å². The van der Waals surface area contributed by atoms with Crippen molar-refractivity contribution in [3.05, 3.63) is 63.4 Å². The number of imidazole rings is 1. The lowest BCUT2D eigenvalue weighted by Crippen LogP contribution is -2.38. The van der Waals surface area contributed by atoms with Crippen LogP contribution in [0.1, 0.15) is 39.5 Å². The molecule has 1 atom stereocenters. The molecule has 1 aliphatic rings. The van der Waals surface area contributed by atoms with Crippen LogP contribution in [0.5, 0.6) is 0 Å². The molecule has 0 spiro atoms. The molecule has 1 aliphatic heterocycles. The van der Waals surface area contributed by atoms with Gasteiger partial charge in [-0.1, -0.05) is 23.2 Å². The van der Waals surface area contributed by atoms with Crippen molar-refractivity contribution in [2.24, 2.45) is 0 Å². The summed E-state index contributed by atoms with van der Waals surface area (Å²) in [7, 11) is 0. The van der Waals surface area contributed by atoms with Crippen LogP contribution in [-0.2, 0) is 0 Å². The summed E-state index contributed by atoms with van der Waals surface area (Å²) in [6.45, 7) is 3.26. The molecule has 1 aromatic heterocycles. The number of nitrogens with zero attached hydrogens (tertiary/aromatic N) is 2. The predicted molar refractivity (Wildman–Crippen MR) is 122 cm³/mol. The zero-order valence-corrected chi connectivity index (χ0v) is 18.6. The molecule has 2 aromatic carbocycles. The van der Waals surface area contributed by atoms with Gasteiger partial charge < -0.3 is 15.2 Å². The standard InChI is InChI=1S/C21H20Cl2N4O2S/c1-12(19-25-17-5-3-14(22)11-18(17)26-19)24-20(28)13-2-4-15(16(23)10-13)21(29)27-6-8-30-9-7-27/h2-5,10-12H,6-9H2,1H3,(H,24,28)(H,25,26). The van der Waals surface area contributed by atoms with Crippen molar-refractivity contribution in [2.75, 3.05) is 24.6 Å². The smallest absolute Gasteiger partial charge is 0.255 e. The largest absolute Gasteiger partial charge is 0.342 e. The third kappa shape index (κ3) is 4.43. The Balaban J connectivity index is 1.47. The van der Waals surface area contributed by atoms with E-state index >= 15 is 0 Å². The van der Waals surface area contributed by atoms with Crippen LogP contribution in [-0.4, -0.2) is 51.3 Å². The lowest BCUT2D eigenvalue weighted by atomic mass is 10.1. The van der Waals surface area contributed by atoms with Gasteiger partial charge in [-0.15, -0.1) is 0 Å². The number of nitrogens with one attached hydrogen (secondary N) is 2. The summed E-state index contributed by atoms with van der Waals surface area (Å²) in [6.07, 6.45) is 0. The lowest BCUT2D eigenvalue weighted by Gasteiger charge is -2.26. The summed E-state index contributed by atoms with van der Waals surface area (Å²) >= 11 is 14.2. The first-order valence-corrected chi connectivity index (χ1v) is 11.5. The fourth-order valence-electron chi connectivity index (χ4n) is 3.32. The van der Waals surface area contributed by atoms with Crippen molar-refractivity contribution in [1.29, 1.82) is 0 Å². The third-order valence-electron chi connectivity index (χ3n) is 4.98. The van der Waals surface area contributed by atoms with Gasteiger partial charge in [0.05, 0.1) is 27.7 Å². The maximum Gasteiger partial charge on any atom is 0.255 e. The van der Waals surface area contributed by atoms with E-state index in [1.165, 1.54) is 6.07 Å². The second-order valence-corrected chi connectivity index (χ2v) is 9.15. The first kappa shape index (κ1) is 21.0. The number of fused-ring (bicyclic) bond motifs is 1. The molecular formula is C21H20Cl2N4O2S. The molecule has 156 valence electrons. The number of carbonyl (C=O) groups excluding carboxylic acids is 2. The molecule has 0 bridgehead atoms. The van der Waals surface area contributed by atoms with E-state index in [-0.39, 0.29) is 22.9 Å². The molecule has 0 aliphatic carbocycles. The van der Waals surface area contributed by atoms with Crippen LogP contribution < -0.4 is 5.32 Å². The van der Waals surface area contributed by atoms with Crippen molar-refractivity contribution in [3.63, 3.8) is 0 Å². The van der Waals surface area contributed by atoms with Gasteiger partial charge in [-0.05, 0) is 43.3 Å². The Morgan fingerprint density at radius 1 is 1.17 bits per heavy atom. The van der Waals surface area contributed by atoms with Crippen LogP contribution in [0.2, 0.25) is 10.0 Å². The number of benzene rings is 2. The van der Waals surface area contributed by atoms with E-state index in [4.69, 9.17) is 23.2 Å². The highest BCUT2D eigenvalue weighted by molar-refractivity contribution is 7.99. The number of rotatable bonds is 4. The number of aromatic nitrogens is 2. The van der Waals surface area contributed by atoms with Crippen LogP contribution in [0.3, 0.4) is 0 Å². The van der Waals surface area contributed by atoms with E-state index in [1.807, 2.05) is 24.8 Å². The second-order valence-electron chi connectivity index (χ2n) is 7.08. The number of carbonyl (C=O) groups is 2. The number of aromatic amines is 1. The highest BCUT2D eigenvalue weighted by Crippen LogP contribution is 2.23. The van der Waals surface area contributed by atoms with Gasteiger partial charge in [-0.25, -0.2) is 4.98 Å². The summed E-state index contributed by atoms with van der Waals surface area (Å²) < 4.78 is 0. The maximum absolute atomic E-state index is 12.7. The molecule has 6 nitrogen and oxygen atoms in total. The van der Waals surface area contributed by atoms with Gasteiger partial charge in [0.1, 0.15) is 5.82 Å². The van der Waals surface area contributed by atoms with Gasteiger partial charge in [0, 0.05) is 35.2 Å². The van der Waals surface area contributed by atoms with Crippen molar-refractivity contribution in [1.82, 2.24) is 20.2 Å². The molecule has 0 radical (unpaired) electrons. The van der Waals surface area contributed by atoms with E-state index in [2.05, 4.69) is 15.3 Å². The Bertz CT molecular complexity index is 1110. The summed E-state index contributed by atoms with van der Waals surface area (Å²) in [4.78, 5) is 34.9. The minimum Gasteiger partial charge on any atom is -0.342 e. The van der Waals surface area contributed by atoms with Crippen molar-refractivity contribution < 1.29 is 9.59 Å². The molecule has 0 saturated carbocycles. The van der Waals surface area contributed by atoms with Crippen molar-refractivity contribution in [2.45, 2.75) is 13.0 Å². The number of H-pyrrole nitrogens is 1. The van der Waals surface area contributed by atoms with Crippen molar-refractivity contribution in [3.8, 4) is 0 Å². The Kier molecular flexibility index (Phi) is 6.22. The summed E-state index contributed by atoms with van der Waals surface area (Å²) in [5.74, 6) is 2.09. The van der Waals surface area contributed by atoms with E-state index in [9.17, 15) is 9.59 Å². The zero-order chi connectivity index (χ0) is 21.3. The average molecular weight is 463 g/mol. The summed E-state index contributed by atoms with van der Waals surface area (Å²) in [5, 5.41) is 3.78. The molecule has 2 heterocycles. The molecule has 30 heavy (non-hydrogen) atoms. The lowest BCUT2D eigenvalue weighted by molar-refractivity contribution is 0.0771.